The van der Waals surface area contributed by atoms with Crippen molar-refractivity contribution in [1.82, 2.24) is 30.3 Å². The Morgan fingerprint density at radius 1 is 1.14 bits per heavy atom. The number of carbonyl (C=O) groups excluding carboxylic acids is 1. The van der Waals surface area contributed by atoms with Gasteiger partial charge in [-0.3, -0.25) is 19.8 Å². The van der Waals surface area contributed by atoms with Crippen molar-refractivity contribution in [2.75, 3.05) is 39.8 Å². The second kappa shape index (κ2) is 10.3. The lowest BCUT2D eigenvalue weighted by Gasteiger charge is -2.32. The van der Waals surface area contributed by atoms with E-state index in [9.17, 15) is 4.79 Å². The first-order valence-corrected chi connectivity index (χ1v) is 13.4. The summed E-state index contributed by atoms with van der Waals surface area (Å²) in [7, 11) is 2.19. The number of amides is 1. The number of rotatable bonds is 5. The molecular formula is C29H28N6OS. The maximum atomic E-state index is 12.1. The number of nitrogens with zero attached hydrogens (tertiary/aromatic N) is 4. The normalized spacial score (nSPS) is 15.1. The van der Waals surface area contributed by atoms with Crippen molar-refractivity contribution in [3.05, 3.63) is 81.3 Å². The van der Waals surface area contributed by atoms with E-state index >= 15 is 0 Å². The molecule has 1 fully saturated rings. The maximum absolute atomic E-state index is 12.1. The highest BCUT2D eigenvalue weighted by Crippen LogP contribution is 2.41. The van der Waals surface area contributed by atoms with Crippen LogP contribution in [-0.4, -0.2) is 70.7 Å². The van der Waals surface area contributed by atoms with Crippen LogP contribution in [0.4, 0.5) is 0 Å². The molecule has 1 saturated heterocycles. The van der Waals surface area contributed by atoms with Crippen molar-refractivity contribution in [3.63, 3.8) is 0 Å². The standard InChI is InChI=1S/C29H28N6OS/c1-34-11-13-35(14-12-34)18-20-4-5-22-17-26-27(32-33-28(26)25(22)15-20)23-16-24(37-19-23)3-2-8-31-29(36)21-6-9-30-10-7-21/h4-7,9-10,15-16,19H,8,11-14,17-18H2,1H3,(H,31,36)(H,32,33). The summed E-state index contributed by atoms with van der Waals surface area (Å²) in [6.45, 7) is 5.78. The number of hydrogen-bond acceptors (Lipinski definition) is 6. The van der Waals surface area contributed by atoms with Crippen LogP contribution in [0.2, 0.25) is 0 Å². The third-order valence-corrected chi connectivity index (χ3v) is 7.89. The van der Waals surface area contributed by atoms with Crippen LogP contribution in [0.1, 0.15) is 31.9 Å². The van der Waals surface area contributed by atoms with Gasteiger partial charge in [0, 0.05) is 79.2 Å². The number of aromatic nitrogens is 3. The van der Waals surface area contributed by atoms with Gasteiger partial charge < -0.3 is 10.2 Å². The number of thiophene rings is 1. The molecule has 0 atom stereocenters. The van der Waals surface area contributed by atoms with Crippen LogP contribution in [0.25, 0.3) is 22.5 Å². The molecule has 0 unspecified atom stereocenters. The number of aromatic amines is 1. The Hall–Kier alpha value is -3.77. The zero-order valence-corrected chi connectivity index (χ0v) is 21.6. The first-order valence-electron chi connectivity index (χ1n) is 12.5. The molecule has 4 heterocycles. The van der Waals surface area contributed by atoms with Crippen molar-refractivity contribution in [3.8, 4) is 34.4 Å². The number of nitrogens with one attached hydrogen (secondary N) is 2. The number of carbonyl (C=O) groups is 1. The van der Waals surface area contributed by atoms with Gasteiger partial charge in [0.15, 0.2) is 0 Å². The van der Waals surface area contributed by atoms with Crippen molar-refractivity contribution < 1.29 is 4.79 Å². The van der Waals surface area contributed by atoms with Crippen molar-refractivity contribution in [1.29, 1.82) is 0 Å². The summed E-state index contributed by atoms with van der Waals surface area (Å²) in [5.41, 5.74) is 9.05. The second-order valence-corrected chi connectivity index (χ2v) is 10.5. The van der Waals surface area contributed by atoms with Gasteiger partial charge in [-0.2, -0.15) is 5.10 Å². The molecule has 1 aliphatic heterocycles. The largest absolute Gasteiger partial charge is 0.341 e. The Morgan fingerprint density at radius 3 is 2.81 bits per heavy atom. The summed E-state index contributed by atoms with van der Waals surface area (Å²) in [6, 6.07) is 12.4. The molecule has 186 valence electrons. The smallest absolute Gasteiger partial charge is 0.252 e. The quantitative estimate of drug-likeness (QED) is 0.355. The minimum absolute atomic E-state index is 0.151. The number of H-pyrrole nitrogens is 1. The van der Waals surface area contributed by atoms with Crippen LogP contribution in [0.3, 0.4) is 0 Å². The summed E-state index contributed by atoms with van der Waals surface area (Å²) in [6.07, 6.45) is 4.10. The Balaban J connectivity index is 1.12. The van der Waals surface area contributed by atoms with E-state index in [0.29, 0.717) is 5.56 Å². The third-order valence-electron chi connectivity index (χ3n) is 7.04. The van der Waals surface area contributed by atoms with Gasteiger partial charge in [-0.15, -0.1) is 11.3 Å². The van der Waals surface area contributed by atoms with Crippen molar-refractivity contribution >= 4 is 17.2 Å². The molecule has 37 heavy (non-hydrogen) atoms. The van der Waals surface area contributed by atoms with E-state index in [0.717, 1.165) is 61.0 Å². The summed E-state index contributed by atoms with van der Waals surface area (Å²) in [5.74, 6) is 6.06. The molecule has 0 spiro atoms. The molecule has 2 N–H and O–H groups in total. The van der Waals surface area contributed by atoms with Crippen LogP contribution in [0.5, 0.6) is 0 Å². The predicted molar refractivity (Wildman–Crippen MR) is 146 cm³/mol. The molecule has 0 saturated carbocycles. The SMILES string of the molecule is CN1CCN(Cc2ccc3c(c2)-c2[nH]nc(-c4csc(C#CCNC(=O)c5ccncc5)c4)c2C3)CC1. The maximum Gasteiger partial charge on any atom is 0.252 e. The number of piperazine rings is 1. The molecule has 4 aromatic rings. The Kier molecular flexibility index (Phi) is 6.58. The average molecular weight is 509 g/mol. The number of likely N-dealkylation sites (N-methyl/N-ethyl adjacent to an activating group) is 1. The Labute approximate surface area is 220 Å². The minimum atomic E-state index is -0.151. The summed E-state index contributed by atoms with van der Waals surface area (Å²) >= 11 is 1.60. The fraction of sp³-hybridized carbons (Fsp3) is 0.276. The molecule has 0 bridgehead atoms. The number of fused-ring (bicyclic) bond motifs is 3. The highest BCUT2D eigenvalue weighted by molar-refractivity contribution is 7.11. The Morgan fingerprint density at radius 2 is 1.97 bits per heavy atom. The van der Waals surface area contributed by atoms with Gasteiger partial charge >= 0.3 is 0 Å². The van der Waals surface area contributed by atoms with Gasteiger partial charge in [0.2, 0.25) is 0 Å². The molecule has 2 aliphatic rings. The van der Waals surface area contributed by atoms with Crippen LogP contribution < -0.4 is 5.32 Å². The van der Waals surface area contributed by atoms with Gasteiger partial charge in [-0.05, 0) is 42.4 Å². The topological polar surface area (TPSA) is 77.1 Å². The fourth-order valence-corrected chi connectivity index (χ4v) is 5.71. The molecule has 1 aromatic carbocycles. The van der Waals surface area contributed by atoms with Gasteiger partial charge in [0.1, 0.15) is 0 Å². The summed E-state index contributed by atoms with van der Waals surface area (Å²) in [5, 5.41) is 12.9. The van der Waals surface area contributed by atoms with Crippen LogP contribution in [-0.2, 0) is 13.0 Å². The molecular weight excluding hydrogens is 480 g/mol. The van der Waals surface area contributed by atoms with E-state index in [-0.39, 0.29) is 12.5 Å². The monoisotopic (exact) mass is 508 g/mol. The highest BCUT2D eigenvalue weighted by Gasteiger charge is 2.26. The summed E-state index contributed by atoms with van der Waals surface area (Å²) < 4.78 is 0. The van der Waals surface area contributed by atoms with Gasteiger partial charge in [0.05, 0.1) is 22.8 Å². The lowest BCUT2D eigenvalue weighted by molar-refractivity contribution is 0.0958. The van der Waals surface area contributed by atoms with Crippen molar-refractivity contribution in [2.45, 2.75) is 13.0 Å². The zero-order chi connectivity index (χ0) is 25.2. The minimum Gasteiger partial charge on any atom is -0.341 e. The zero-order valence-electron chi connectivity index (χ0n) is 20.8. The number of benzene rings is 1. The molecule has 3 aromatic heterocycles. The van der Waals surface area contributed by atoms with Gasteiger partial charge in [-0.25, -0.2) is 0 Å². The molecule has 0 radical (unpaired) electrons. The van der Waals surface area contributed by atoms with E-state index in [4.69, 9.17) is 0 Å². The summed E-state index contributed by atoms with van der Waals surface area (Å²) in [4.78, 5) is 21.9. The number of hydrogen-bond donors (Lipinski definition) is 2. The molecule has 7 nitrogen and oxygen atoms in total. The van der Waals surface area contributed by atoms with E-state index in [1.807, 2.05) is 0 Å². The second-order valence-electron chi connectivity index (χ2n) is 9.59. The first kappa shape index (κ1) is 23.6. The number of pyridine rings is 1. The lowest BCUT2D eigenvalue weighted by atomic mass is 10.0. The van der Waals surface area contributed by atoms with Crippen LogP contribution >= 0.6 is 11.3 Å². The molecule has 1 amide bonds. The average Bonchev–Trinajstić information content (AvgIpc) is 3.64. The van der Waals surface area contributed by atoms with Crippen LogP contribution in [0, 0.1) is 11.8 Å². The molecule has 1 aliphatic carbocycles. The fourth-order valence-electron chi connectivity index (χ4n) is 4.95. The molecule has 6 rings (SSSR count). The Bertz CT molecular complexity index is 1490. The molecule has 8 heteroatoms. The first-order chi connectivity index (χ1) is 18.1. The lowest BCUT2D eigenvalue weighted by Crippen LogP contribution is -2.43. The third kappa shape index (κ3) is 5.07. The van der Waals surface area contributed by atoms with Crippen LogP contribution in [0.15, 0.2) is 54.2 Å². The highest BCUT2D eigenvalue weighted by atomic mass is 32.1. The van der Waals surface area contributed by atoms with E-state index in [2.05, 4.69) is 78.8 Å². The van der Waals surface area contributed by atoms with Crippen molar-refractivity contribution in [2.24, 2.45) is 0 Å². The van der Waals surface area contributed by atoms with E-state index < -0.39 is 0 Å². The predicted octanol–water partition coefficient (Wildman–Crippen LogP) is 3.63. The van der Waals surface area contributed by atoms with Gasteiger partial charge in [0.25, 0.3) is 5.91 Å². The van der Waals surface area contributed by atoms with Gasteiger partial charge in [-0.1, -0.05) is 24.0 Å². The van der Waals surface area contributed by atoms with E-state index in [1.54, 1.807) is 35.9 Å². The van der Waals surface area contributed by atoms with E-state index in [1.165, 1.54) is 22.3 Å².